The molecule has 0 radical (unpaired) electrons. The molecule has 0 aromatic carbocycles. The van der Waals surface area contributed by atoms with Gasteiger partial charge < -0.3 is 10.4 Å². The lowest BCUT2D eigenvalue weighted by Crippen LogP contribution is -2.28. The third kappa shape index (κ3) is 4.12. The Kier molecular flexibility index (Phi) is 4.77. The van der Waals surface area contributed by atoms with Crippen molar-refractivity contribution in [1.82, 2.24) is 5.32 Å². The standard InChI is InChI=1S/C11H16ClNO2S/c1-11(2,10(14)15)5-6-13-7-8-3-4-9(12)16-8/h3-4,13H,5-7H2,1-2H3,(H,14,15). The summed E-state index contributed by atoms with van der Waals surface area (Å²) in [5, 5.41) is 12.1. The first-order chi connectivity index (χ1) is 7.42. The molecule has 0 aliphatic heterocycles. The van der Waals surface area contributed by atoms with Gasteiger partial charge >= 0.3 is 5.97 Å². The van der Waals surface area contributed by atoms with E-state index in [1.807, 2.05) is 12.1 Å². The van der Waals surface area contributed by atoms with Gasteiger partial charge in [0.2, 0.25) is 0 Å². The Labute approximate surface area is 104 Å². The van der Waals surface area contributed by atoms with Gasteiger partial charge in [-0.15, -0.1) is 11.3 Å². The van der Waals surface area contributed by atoms with Crippen LogP contribution in [0.5, 0.6) is 0 Å². The normalized spacial score (nSPS) is 11.7. The molecule has 2 N–H and O–H groups in total. The maximum Gasteiger partial charge on any atom is 0.309 e. The average Bonchev–Trinajstić information content (AvgIpc) is 2.59. The molecule has 0 saturated carbocycles. The molecule has 0 bridgehead atoms. The molecule has 0 saturated heterocycles. The molecule has 1 aromatic rings. The molecule has 0 amide bonds. The Bertz CT molecular complexity index is 363. The molecular weight excluding hydrogens is 246 g/mol. The topological polar surface area (TPSA) is 49.3 Å². The van der Waals surface area contributed by atoms with Crippen LogP contribution < -0.4 is 5.32 Å². The van der Waals surface area contributed by atoms with Gasteiger partial charge in [0.1, 0.15) is 0 Å². The summed E-state index contributed by atoms with van der Waals surface area (Å²) < 4.78 is 0.780. The van der Waals surface area contributed by atoms with Crippen molar-refractivity contribution in [2.24, 2.45) is 5.41 Å². The van der Waals surface area contributed by atoms with E-state index >= 15 is 0 Å². The summed E-state index contributed by atoms with van der Waals surface area (Å²) in [5.41, 5.74) is -0.667. The zero-order chi connectivity index (χ0) is 12.2. The van der Waals surface area contributed by atoms with E-state index in [1.54, 1.807) is 13.8 Å². The number of hydrogen-bond acceptors (Lipinski definition) is 3. The van der Waals surface area contributed by atoms with Gasteiger partial charge in [0, 0.05) is 11.4 Å². The van der Waals surface area contributed by atoms with Crippen LogP contribution in [0.15, 0.2) is 12.1 Å². The van der Waals surface area contributed by atoms with E-state index < -0.39 is 11.4 Å². The minimum atomic E-state index is -0.756. The Morgan fingerprint density at radius 1 is 1.56 bits per heavy atom. The summed E-state index contributed by atoms with van der Waals surface area (Å²) in [6.45, 7) is 4.90. The van der Waals surface area contributed by atoms with Gasteiger partial charge in [0.25, 0.3) is 0 Å². The fourth-order valence-electron chi connectivity index (χ4n) is 1.17. The van der Waals surface area contributed by atoms with Crippen LogP contribution in [-0.2, 0) is 11.3 Å². The number of halogens is 1. The van der Waals surface area contributed by atoms with Gasteiger partial charge in [0.15, 0.2) is 0 Å². The van der Waals surface area contributed by atoms with Gasteiger partial charge in [-0.2, -0.15) is 0 Å². The number of carboxylic acids is 1. The third-order valence-corrected chi connectivity index (χ3v) is 3.66. The predicted molar refractivity (Wildman–Crippen MR) is 67.1 cm³/mol. The highest BCUT2D eigenvalue weighted by Gasteiger charge is 2.25. The van der Waals surface area contributed by atoms with E-state index in [0.717, 1.165) is 15.8 Å². The van der Waals surface area contributed by atoms with Gasteiger partial charge in [-0.05, 0) is 38.9 Å². The molecular formula is C11H16ClNO2S. The maximum absolute atomic E-state index is 10.8. The summed E-state index contributed by atoms with van der Waals surface area (Å²) in [6, 6.07) is 3.84. The summed E-state index contributed by atoms with van der Waals surface area (Å²) in [4.78, 5) is 12.0. The van der Waals surface area contributed by atoms with Gasteiger partial charge in [-0.25, -0.2) is 0 Å². The molecule has 90 valence electrons. The van der Waals surface area contributed by atoms with Crippen LogP contribution in [0, 0.1) is 5.41 Å². The van der Waals surface area contributed by atoms with E-state index in [2.05, 4.69) is 5.32 Å². The number of carbonyl (C=O) groups is 1. The molecule has 3 nitrogen and oxygen atoms in total. The first kappa shape index (κ1) is 13.5. The molecule has 0 aliphatic carbocycles. The zero-order valence-electron chi connectivity index (χ0n) is 9.42. The average molecular weight is 262 g/mol. The highest BCUT2D eigenvalue weighted by atomic mass is 35.5. The summed E-state index contributed by atoms with van der Waals surface area (Å²) in [6.07, 6.45) is 0.613. The maximum atomic E-state index is 10.8. The van der Waals surface area contributed by atoms with Gasteiger partial charge in [-0.1, -0.05) is 11.6 Å². The smallest absolute Gasteiger partial charge is 0.309 e. The Hall–Kier alpha value is -0.580. The van der Waals surface area contributed by atoms with Crippen molar-refractivity contribution < 1.29 is 9.90 Å². The van der Waals surface area contributed by atoms with E-state index in [-0.39, 0.29) is 0 Å². The lowest BCUT2D eigenvalue weighted by molar-refractivity contribution is -0.147. The summed E-state index contributed by atoms with van der Waals surface area (Å²) in [5.74, 6) is -0.756. The summed E-state index contributed by atoms with van der Waals surface area (Å²) >= 11 is 7.34. The molecule has 16 heavy (non-hydrogen) atoms. The Morgan fingerprint density at radius 2 is 2.25 bits per heavy atom. The molecule has 1 heterocycles. The first-order valence-electron chi connectivity index (χ1n) is 5.10. The monoisotopic (exact) mass is 261 g/mol. The molecule has 1 rings (SSSR count). The van der Waals surface area contributed by atoms with E-state index in [4.69, 9.17) is 16.7 Å². The minimum absolute atomic E-state index is 0.613. The first-order valence-corrected chi connectivity index (χ1v) is 6.29. The molecule has 0 aliphatic rings. The third-order valence-electron chi connectivity index (χ3n) is 2.43. The van der Waals surface area contributed by atoms with E-state index in [1.165, 1.54) is 11.3 Å². The second kappa shape index (κ2) is 5.66. The number of thiophene rings is 1. The second-order valence-electron chi connectivity index (χ2n) is 4.32. The largest absolute Gasteiger partial charge is 0.481 e. The highest BCUT2D eigenvalue weighted by molar-refractivity contribution is 7.16. The lowest BCUT2D eigenvalue weighted by Gasteiger charge is -2.18. The van der Waals surface area contributed by atoms with Crippen LogP contribution >= 0.6 is 22.9 Å². The van der Waals surface area contributed by atoms with Crippen molar-refractivity contribution in [2.45, 2.75) is 26.8 Å². The van der Waals surface area contributed by atoms with Crippen molar-refractivity contribution in [1.29, 1.82) is 0 Å². The van der Waals surface area contributed by atoms with Crippen LogP contribution in [-0.4, -0.2) is 17.6 Å². The van der Waals surface area contributed by atoms with Crippen LogP contribution in [0.2, 0.25) is 4.34 Å². The number of hydrogen-bond donors (Lipinski definition) is 2. The zero-order valence-corrected chi connectivity index (χ0v) is 11.0. The van der Waals surface area contributed by atoms with Crippen molar-refractivity contribution in [3.8, 4) is 0 Å². The van der Waals surface area contributed by atoms with Crippen LogP contribution in [0.3, 0.4) is 0 Å². The fraction of sp³-hybridized carbons (Fsp3) is 0.545. The van der Waals surface area contributed by atoms with Crippen molar-refractivity contribution in [2.75, 3.05) is 6.54 Å². The predicted octanol–water partition coefficient (Wildman–Crippen LogP) is 2.99. The Morgan fingerprint density at radius 3 is 2.75 bits per heavy atom. The quantitative estimate of drug-likeness (QED) is 0.774. The lowest BCUT2D eigenvalue weighted by atomic mass is 9.90. The van der Waals surface area contributed by atoms with Crippen molar-refractivity contribution in [3.05, 3.63) is 21.3 Å². The SMILES string of the molecule is CC(C)(CCNCc1ccc(Cl)s1)C(=O)O. The number of aliphatic carboxylic acids is 1. The molecule has 0 atom stereocenters. The molecule has 5 heteroatoms. The number of nitrogens with one attached hydrogen (secondary N) is 1. The van der Waals surface area contributed by atoms with Crippen LogP contribution in [0.1, 0.15) is 25.1 Å². The second-order valence-corrected chi connectivity index (χ2v) is 6.12. The fourth-order valence-corrected chi connectivity index (χ4v) is 2.22. The molecule has 1 aromatic heterocycles. The van der Waals surface area contributed by atoms with Gasteiger partial charge in [-0.3, -0.25) is 4.79 Å². The highest BCUT2D eigenvalue weighted by Crippen LogP contribution is 2.22. The van der Waals surface area contributed by atoms with Crippen molar-refractivity contribution >= 4 is 28.9 Å². The van der Waals surface area contributed by atoms with E-state index in [9.17, 15) is 4.79 Å². The number of carboxylic acid groups (broad SMARTS) is 1. The molecule has 0 fully saturated rings. The van der Waals surface area contributed by atoms with Gasteiger partial charge in [0.05, 0.1) is 9.75 Å². The van der Waals surface area contributed by atoms with Crippen molar-refractivity contribution in [3.63, 3.8) is 0 Å². The Balaban J connectivity index is 2.24. The molecule has 0 unspecified atom stereocenters. The van der Waals surface area contributed by atoms with Crippen LogP contribution in [0.25, 0.3) is 0 Å². The van der Waals surface area contributed by atoms with E-state index in [0.29, 0.717) is 13.0 Å². The molecule has 0 spiro atoms. The summed E-state index contributed by atoms with van der Waals surface area (Å²) in [7, 11) is 0. The van der Waals surface area contributed by atoms with Crippen LogP contribution in [0.4, 0.5) is 0 Å². The minimum Gasteiger partial charge on any atom is -0.481 e. The number of rotatable bonds is 6.